The molecule has 0 aliphatic carbocycles. The van der Waals surface area contributed by atoms with Crippen LogP contribution in [0.15, 0.2) is 109 Å². The second-order valence-corrected chi connectivity index (χ2v) is 20.9. The zero-order valence-electron chi connectivity index (χ0n) is 48.6. The third kappa shape index (κ3) is 57.5. The van der Waals surface area contributed by atoms with E-state index in [0.29, 0.717) is 17.4 Å². The zero-order chi connectivity index (χ0) is 54.8. The van der Waals surface area contributed by atoms with Gasteiger partial charge in [-0.25, -0.2) is 0 Å². The first-order valence-corrected chi connectivity index (χ1v) is 30.0. The van der Waals surface area contributed by atoms with Crippen LogP contribution in [0.3, 0.4) is 0 Å². The van der Waals surface area contributed by atoms with Crippen molar-refractivity contribution in [3.8, 4) is 0 Å². The summed E-state index contributed by atoms with van der Waals surface area (Å²) in [5.41, 5.74) is 0. The number of rotatable bonds is 54. The van der Waals surface area contributed by atoms with Gasteiger partial charge >= 0.3 is 11.9 Å². The molecule has 0 aromatic heterocycles. The molecule has 0 aromatic rings. The van der Waals surface area contributed by atoms with Crippen molar-refractivity contribution in [3.05, 3.63) is 109 Å². The molecular formula is C66H111NO8. The van der Waals surface area contributed by atoms with Crippen LogP contribution in [0.25, 0.3) is 0 Å². The lowest BCUT2D eigenvalue weighted by Gasteiger charge is -2.26. The van der Waals surface area contributed by atoms with E-state index in [2.05, 4.69) is 105 Å². The van der Waals surface area contributed by atoms with E-state index in [9.17, 15) is 19.5 Å². The van der Waals surface area contributed by atoms with Gasteiger partial charge in [0.25, 0.3) is 0 Å². The molecule has 0 amide bonds. The Morgan fingerprint density at radius 3 is 1.13 bits per heavy atom. The van der Waals surface area contributed by atoms with E-state index in [4.69, 9.17) is 18.9 Å². The van der Waals surface area contributed by atoms with Crippen LogP contribution in [0.2, 0.25) is 0 Å². The number of quaternary nitrogens is 1. The third-order valence-electron chi connectivity index (χ3n) is 12.5. The molecule has 9 nitrogen and oxygen atoms in total. The molecule has 428 valence electrons. The van der Waals surface area contributed by atoms with Gasteiger partial charge in [-0.15, -0.1) is 0 Å². The number of carboxylic acid groups (broad SMARTS) is 1. The highest BCUT2D eigenvalue weighted by Gasteiger charge is 2.21. The van der Waals surface area contributed by atoms with E-state index < -0.39 is 24.3 Å². The first kappa shape index (κ1) is 71.0. The summed E-state index contributed by atoms with van der Waals surface area (Å²) in [5.74, 6) is -2.45. The van der Waals surface area contributed by atoms with Crippen LogP contribution in [0.1, 0.15) is 232 Å². The van der Waals surface area contributed by atoms with Crippen molar-refractivity contribution in [3.63, 3.8) is 0 Å². The fourth-order valence-electron chi connectivity index (χ4n) is 8.02. The summed E-state index contributed by atoms with van der Waals surface area (Å²) in [6.45, 7) is 4.40. The number of likely N-dealkylation sites (N-methyl/N-ethyl adjacent to an activating group) is 1. The maximum absolute atomic E-state index is 12.8. The van der Waals surface area contributed by atoms with E-state index in [1.54, 1.807) is 6.08 Å². The van der Waals surface area contributed by atoms with Crippen molar-refractivity contribution >= 4 is 17.9 Å². The minimum atomic E-state index is -1.65. The molecule has 2 atom stereocenters. The predicted molar refractivity (Wildman–Crippen MR) is 315 cm³/mol. The Morgan fingerprint density at radius 1 is 0.413 bits per heavy atom. The molecule has 0 fully saturated rings. The first-order valence-electron chi connectivity index (χ1n) is 30.0. The molecule has 0 bridgehead atoms. The maximum atomic E-state index is 12.8. The average Bonchev–Trinajstić information content (AvgIpc) is 3.38. The van der Waals surface area contributed by atoms with Crippen molar-refractivity contribution in [1.82, 2.24) is 0 Å². The van der Waals surface area contributed by atoms with Crippen LogP contribution in [0.5, 0.6) is 0 Å². The molecule has 9 heteroatoms. The molecule has 0 aliphatic rings. The van der Waals surface area contributed by atoms with Crippen molar-refractivity contribution in [2.75, 3.05) is 47.5 Å². The summed E-state index contributed by atoms with van der Waals surface area (Å²) >= 11 is 0. The van der Waals surface area contributed by atoms with Gasteiger partial charge in [0.2, 0.25) is 0 Å². The molecule has 0 aromatic carbocycles. The number of hydrogen-bond acceptors (Lipinski definition) is 8. The minimum absolute atomic E-state index is 0.0125. The minimum Gasteiger partial charge on any atom is -0.545 e. The van der Waals surface area contributed by atoms with E-state index in [-0.39, 0.29) is 38.6 Å². The number of hydrogen-bond donors (Lipinski definition) is 0. The van der Waals surface area contributed by atoms with Gasteiger partial charge in [-0.1, -0.05) is 252 Å². The number of ether oxygens (including phenoxy) is 4. The molecular weight excluding hydrogens is 935 g/mol. The number of esters is 2. The van der Waals surface area contributed by atoms with E-state index in [1.165, 1.54) is 128 Å². The Bertz CT molecular complexity index is 1590. The molecule has 0 saturated carbocycles. The third-order valence-corrected chi connectivity index (χ3v) is 12.5. The van der Waals surface area contributed by atoms with Crippen LogP contribution < -0.4 is 5.11 Å². The van der Waals surface area contributed by atoms with Crippen molar-refractivity contribution < 1.29 is 42.9 Å². The molecule has 2 unspecified atom stereocenters. The molecule has 0 aliphatic heterocycles. The highest BCUT2D eigenvalue weighted by molar-refractivity contribution is 5.71. The Hall–Kier alpha value is -4.05. The van der Waals surface area contributed by atoms with Crippen LogP contribution in [0.4, 0.5) is 0 Å². The van der Waals surface area contributed by atoms with E-state index in [0.717, 1.165) is 70.6 Å². The lowest BCUT2D eigenvalue weighted by atomic mass is 10.0. The van der Waals surface area contributed by atoms with Gasteiger partial charge in [-0.3, -0.25) is 9.59 Å². The summed E-state index contributed by atoms with van der Waals surface area (Å²) in [4.78, 5) is 37.2. The molecule has 0 radical (unpaired) electrons. The quantitative estimate of drug-likeness (QED) is 0.0195. The summed E-state index contributed by atoms with van der Waals surface area (Å²) in [6, 6.07) is 0. The molecule has 75 heavy (non-hydrogen) atoms. The van der Waals surface area contributed by atoms with Crippen molar-refractivity contribution in [1.29, 1.82) is 0 Å². The Balaban J connectivity index is 4.09. The second kappa shape index (κ2) is 56.2. The van der Waals surface area contributed by atoms with E-state index in [1.807, 2.05) is 33.3 Å². The summed E-state index contributed by atoms with van der Waals surface area (Å²) in [5, 5.41) is 11.7. The maximum Gasteiger partial charge on any atom is 0.310 e. The second-order valence-electron chi connectivity index (χ2n) is 20.9. The number of nitrogens with zero attached hydrogens (tertiary/aromatic N) is 1. The van der Waals surface area contributed by atoms with Gasteiger partial charge in [0.1, 0.15) is 13.2 Å². The number of carbonyl (C=O) groups excluding carboxylic acids is 3. The zero-order valence-corrected chi connectivity index (χ0v) is 48.6. The fraction of sp³-hybridized carbons (Fsp3) is 0.682. The highest BCUT2D eigenvalue weighted by Crippen LogP contribution is 2.16. The normalized spacial score (nSPS) is 13.6. The number of unbranched alkanes of at least 4 members (excludes halogenated alkanes) is 22. The Labute approximate surface area is 460 Å². The standard InChI is InChI=1S/C66H111NO8/c1-6-8-10-12-14-16-18-20-22-23-24-25-26-27-28-29-30-31-32-33-34-35-36-37-38-39-40-41-43-44-46-48-50-52-54-56-63(68)73-60-62(61-74-66(65(70)71)72-59-58-67(3,4)5)75-64(69)57-55-53-51-49-47-45-42-21-19-17-15-13-11-9-7-2/h8-11,14-17,20-22,24-25,42,47,49,53,55,62,66H,6-7,12-13,18-19,23,26-41,43-46,48,50-52,54,56-61H2,1-5H3/b10-8-,11-9-,16-14-,17-15-,22-20-,25-24-,42-21-,49-47-,55-53-. The largest absolute Gasteiger partial charge is 0.545 e. The molecule has 0 spiro atoms. The summed E-state index contributed by atoms with van der Waals surface area (Å²) in [7, 11) is 5.89. The average molecular weight is 1050 g/mol. The topological polar surface area (TPSA) is 111 Å². The number of allylic oxidation sites excluding steroid dienone is 17. The molecule has 0 heterocycles. The molecule has 0 N–H and O–H groups in total. The fourth-order valence-corrected chi connectivity index (χ4v) is 8.02. The van der Waals surface area contributed by atoms with Gasteiger partial charge in [0.05, 0.1) is 46.7 Å². The number of carboxylic acids is 1. The lowest BCUT2D eigenvalue weighted by Crippen LogP contribution is -2.44. The van der Waals surface area contributed by atoms with E-state index >= 15 is 0 Å². The van der Waals surface area contributed by atoms with Gasteiger partial charge in [-0.05, 0) is 77.0 Å². The van der Waals surface area contributed by atoms with Crippen molar-refractivity contribution in [2.45, 2.75) is 245 Å². The summed E-state index contributed by atoms with van der Waals surface area (Å²) < 4.78 is 22.5. The predicted octanol–water partition coefficient (Wildman–Crippen LogP) is 16.6. The van der Waals surface area contributed by atoms with Crippen LogP contribution in [-0.2, 0) is 33.3 Å². The highest BCUT2D eigenvalue weighted by atomic mass is 16.7. The molecule has 0 rings (SSSR count). The molecule has 0 saturated heterocycles. The first-order chi connectivity index (χ1) is 36.6. The van der Waals surface area contributed by atoms with Crippen LogP contribution in [0, 0.1) is 0 Å². The van der Waals surface area contributed by atoms with Crippen molar-refractivity contribution in [2.24, 2.45) is 0 Å². The Morgan fingerprint density at radius 2 is 0.760 bits per heavy atom. The van der Waals surface area contributed by atoms with Crippen LogP contribution >= 0.6 is 0 Å². The number of aliphatic carboxylic acids is 1. The van der Waals surface area contributed by atoms with Gasteiger partial charge in [0.15, 0.2) is 12.4 Å². The van der Waals surface area contributed by atoms with Gasteiger partial charge in [-0.2, -0.15) is 0 Å². The van der Waals surface area contributed by atoms with Gasteiger partial charge < -0.3 is 33.3 Å². The Kier molecular flexibility index (Phi) is 53.1. The summed E-state index contributed by atoms with van der Waals surface area (Å²) in [6.07, 6.45) is 74.9. The monoisotopic (exact) mass is 1050 g/mol. The SMILES string of the molecule is CC/C=C\C/C=C\C/C=C\C/C=C\C/C=C\CC(=O)OC(COC(=O)CCCCCCCCCCCCCCCCCCCCCCCC/C=C\C/C=C\C/C=C\C/C=C\CC)COC(OCC[N+](C)(C)C)C(=O)[O-]. The van der Waals surface area contributed by atoms with Gasteiger partial charge in [0, 0.05) is 6.42 Å². The number of carbonyl (C=O) groups is 3. The van der Waals surface area contributed by atoms with Crippen LogP contribution in [-0.4, -0.2) is 82.3 Å². The smallest absolute Gasteiger partial charge is 0.310 e. The lowest BCUT2D eigenvalue weighted by molar-refractivity contribution is -0.870.